The second-order valence-corrected chi connectivity index (χ2v) is 19.0. The zero-order chi connectivity index (χ0) is 51.0. The molecule has 0 aromatic carbocycles. The van der Waals surface area contributed by atoms with E-state index in [0.717, 1.165) is 70.6 Å². The third-order valence-electron chi connectivity index (χ3n) is 12.8. The van der Waals surface area contributed by atoms with Crippen molar-refractivity contribution in [3.8, 4) is 0 Å². The summed E-state index contributed by atoms with van der Waals surface area (Å²) in [5, 5.41) is 86.7. The van der Waals surface area contributed by atoms with Gasteiger partial charge >= 0.3 is 0 Å². The number of nitrogens with one attached hydrogen (secondary N) is 1. The van der Waals surface area contributed by atoms with Crippen LogP contribution in [0.1, 0.15) is 181 Å². The van der Waals surface area contributed by atoms with Crippen molar-refractivity contribution in [2.75, 3.05) is 19.8 Å². The highest BCUT2D eigenvalue weighted by molar-refractivity contribution is 5.76. The van der Waals surface area contributed by atoms with Crippen LogP contribution in [-0.2, 0) is 23.7 Å². The van der Waals surface area contributed by atoms with E-state index in [2.05, 4.69) is 79.9 Å². The van der Waals surface area contributed by atoms with Crippen LogP contribution in [0.15, 0.2) is 72.9 Å². The maximum atomic E-state index is 13.2. The predicted molar refractivity (Wildman–Crippen MR) is 277 cm³/mol. The van der Waals surface area contributed by atoms with E-state index in [1.807, 2.05) is 6.08 Å². The first-order chi connectivity index (χ1) is 34.1. The van der Waals surface area contributed by atoms with Crippen LogP contribution in [0.2, 0.25) is 0 Å². The fourth-order valence-electron chi connectivity index (χ4n) is 8.39. The van der Waals surface area contributed by atoms with Gasteiger partial charge in [-0.2, -0.15) is 0 Å². The molecule has 2 rings (SSSR count). The average molecular weight is 992 g/mol. The van der Waals surface area contributed by atoms with E-state index in [-0.39, 0.29) is 18.9 Å². The number of unbranched alkanes of at least 4 members (excludes halogenated alkanes) is 18. The van der Waals surface area contributed by atoms with E-state index in [0.29, 0.717) is 12.8 Å². The third kappa shape index (κ3) is 28.0. The molecule has 0 spiro atoms. The number of ether oxygens (including phenoxy) is 4. The van der Waals surface area contributed by atoms with E-state index in [9.17, 15) is 45.6 Å². The molecule has 404 valence electrons. The Morgan fingerprint density at radius 2 is 0.986 bits per heavy atom. The third-order valence-corrected chi connectivity index (χ3v) is 12.8. The van der Waals surface area contributed by atoms with Crippen LogP contribution < -0.4 is 5.32 Å². The number of aliphatic hydroxyl groups is 8. The smallest absolute Gasteiger partial charge is 0.220 e. The highest BCUT2D eigenvalue weighted by atomic mass is 16.7. The topological polar surface area (TPSA) is 228 Å². The normalized spacial score (nSPS) is 26.5. The number of amides is 1. The summed E-state index contributed by atoms with van der Waals surface area (Å²) in [4.78, 5) is 13.2. The molecule has 70 heavy (non-hydrogen) atoms. The molecule has 12 atom stereocenters. The summed E-state index contributed by atoms with van der Waals surface area (Å²) in [5.41, 5.74) is 0. The second kappa shape index (κ2) is 41.9. The van der Waals surface area contributed by atoms with Crippen LogP contribution in [0, 0.1) is 0 Å². The molecular formula is C56H97NO13. The Morgan fingerprint density at radius 3 is 1.54 bits per heavy atom. The van der Waals surface area contributed by atoms with Gasteiger partial charge in [0.2, 0.25) is 5.91 Å². The quantitative estimate of drug-likeness (QED) is 0.0209. The van der Waals surface area contributed by atoms with Gasteiger partial charge in [-0.3, -0.25) is 4.79 Å². The lowest BCUT2D eigenvalue weighted by atomic mass is 9.97. The number of hydrogen-bond donors (Lipinski definition) is 9. The van der Waals surface area contributed by atoms with E-state index < -0.39 is 86.8 Å². The molecule has 0 aromatic rings. The van der Waals surface area contributed by atoms with E-state index in [4.69, 9.17) is 18.9 Å². The van der Waals surface area contributed by atoms with Gasteiger partial charge in [0.1, 0.15) is 48.8 Å². The molecule has 0 bridgehead atoms. The Kier molecular flexibility index (Phi) is 38.0. The zero-order valence-electron chi connectivity index (χ0n) is 43.0. The Labute approximate surface area is 421 Å². The molecule has 2 aliphatic rings. The van der Waals surface area contributed by atoms with Gasteiger partial charge in [0.05, 0.1) is 32.0 Å². The Hall–Kier alpha value is -2.57. The van der Waals surface area contributed by atoms with Crippen LogP contribution in [0.4, 0.5) is 0 Å². The molecule has 12 unspecified atom stereocenters. The number of carbonyl (C=O) groups excluding carboxylic acids is 1. The average Bonchev–Trinajstić information content (AvgIpc) is 3.36. The lowest BCUT2D eigenvalue weighted by Crippen LogP contribution is -2.65. The van der Waals surface area contributed by atoms with E-state index >= 15 is 0 Å². The van der Waals surface area contributed by atoms with Gasteiger partial charge in [0.15, 0.2) is 12.6 Å². The monoisotopic (exact) mass is 992 g/mol. The number of carbonyl (C=O) groups is 1. The largest absolute Gasteiger partial charge is 0.394 e. The molecule has 2 fully saturated rings. The molecular weight excluding hydrogens is 895 g/mol. The molecule has 0 aliphatic carbocycles. The first-order valence-corrected chi connectivity index (χ1v) is 27.2. The Morgan fingerprint density at radius 1 is 0.514 bits per heavy atom. The SMILES string of the molecule is CCC/C=C/CC/C=C/CC/C=C/C(O)C(COC1OC(CO)C(OC2OC(CO)C(O)C(O)C2O)C(O)C1O)NC(=O)CCCCCCCCCCCC/C=C\C/C=C\C/C=C\CCCCCCC. The highest BCUT2D eigenvalue weighted by Crippen LogP contribution is 2.30. The molecule has 0 aromatic heterocycles. The van der Waals surface area contributed by atoms with Crippen molar-refractivity contribution >= 4 is 5.91 Å². The van der Waals surface area contributed by atoms with Gasteiger partial charge < -0.3 is 65.1 Å². The fraction of sp³-hybridized carbons (Fsp3) is 0.768. The predicted octanol–water partition coefficient (Wildman–Crippen LogP) is 7.99. The van der Waals surface area contributed by atoms with Gasteiger partial charge in [-0.25, -0.2) is 0 Å². The number of allylic oxidation sites excluding steroid dienone is 11. The summed E-state index contributed by atoms with van der Waals surface area (Å²) in [6.07, 6.45) is 36.7. The summed E-state index contributed by atoms with van der Waals surface area (Å²) in [6.45, 7) is 2.65. The van der Waals surface area contributed by atoms with Gasteiger partial charge in [-0.1, -0.05) is 170 Å². The maximum absolute atomic E-state index is 13.2. The highest BCUT2D eigenvalue weighted by Gasteiger charge is 2.51. The van der Waals surface area contributed by atoms with Crippen molar-refractivity contribution in [2.45, 2.75) is 254 Å². The summed E-state index contributed by atoms with van der Waals surface area (Å²) in [6, 6.07) is -0.942. The second-order valence-electron chi connectivity index (χ2n) is 19.0. The lowest BCUT2D eigenvalue weighted by Gasteiger charge is -2.46. The molecule has 9 N–H and O–H groups in total. The molecule has 1 amide bonds. The van der Waals surface area contributed by atoms with Gasteiger partial charge in [0.25, 0.3) is 0 Å². The molecule has 2 aliphatic heterocycles. The molecule has 0 radical (unpaired) electrons. The van der Waals surface area contributed by atoms with E-state index in [1.54, 1.807) is 6.08 Å². The summed E-state index contributed by atoms with van der Waals surface area (Å²) in [7, 11) is 0. The van der Waals surface area contributed by atoms with Crippen molar-refractivity contribution < 1.29 is 64.6 Å². The standard InChI is InChI=1S/C56H97NO13/c1-3-5-7-9-11-13-15-16-17-18-19-20-21-22-23-24-25-26-27-28-30-32-34-36-38-40-48(61)57-44(45(60)39-37-35-33-31-29-14-12-10-8-6-4-2)43-67-55-53(66)51(64)54(47(42-59)69-55)70-56-52(65)50(63)49(62)46(41-58)68-56/h8,10,15-16,18-19,21-22,29,31,37,39,44-47,49-56,58-60,62-66H,3-7,9,11-14,17,20,23-28,30,32-36,38,40-43H2,1-2H3,(H,57,61)/b10-8+,16-15-,19-18-,22-21-,31-29+,39-37+. The van der Waals surface area contributed by atoms with Crippen LogP contribution >= 0.6 is 0 Å². The minimum absolute atomic E-state index is 0.261. The van der Waals surface area contributed by atoms with Crippen LogP contribution in [0.25, 0.3) is 0 Å². The van der Waals surface area contributed by atoms with Gasteiger partial charge in [-0.15, -0.1) is 0 Å². The van der Waals surface area contributed by atoms with Crippen LogP contribution in [0.5, 0.6) is 0 Å². The Bertz CT molecular complexity index is 1450. The zero-order valence-corrected chi connectivity index (χ0v) is 43.0. The molecule has 14 heteroatoms. The van der Waals surface area contributed by atoms with Crippen molar-refractivity contribution in [3.05, 3.63) is 72.9 Å². The Balaban J connectivity index is 1.76. The summed E-state index contributed by atoms with van der Waals surface area (Å²) >= 11 is 0. The van der Waals surface area contributed by atoms with Crippen LogP contribution in [-0.4, -0.2) is 140 Å². The summed E-state index contributed by atoms with van der Waals surface area (Å²) < 4.78 is 22.7. The molecule has 2 saturated heterocycles. The number of hydrogen-bond acceptors (Lipinski definition) is 13. The van der Waals surface area contributed by atoms with Crippen molar-refractivity contribution in [1.82, 2.24) is 5.32 Å². The molecule has 2 heterocycles. The van der Waals surface area contributed by atoms with Gasteiger partial charge in [0, 0.05) is 6.42 Å². The molecule has 14 nitrogen and oxygen atoms in total. The molecule has 0 saturated carbocycles. The van der Waals surface area contributed by atoms with Gasteiger partial charge in [-0.05, 0) is 77.0 Å². The number of rotatable bonds is 41. The van der Waals surface area contributed by atoms with E-state index in [1.165, 1.54) is 77.0 Å². The number of aliphatic hydroxyl groups excluding tert-OH is 8. The minimum atomic E-state index is -1.79. The van der Waals surface area contributed by atoms with Crippen molar-refractivity contribution in [1.29, 1.82) is 0 Å². The first kappa shape index (κ1) is 63.5. The first-order valence-electron chi connectivity index (χ1n) is 27.2. The van der Waals surface area contributed by atoms with Crippen molar-refractivity contribution in [2.24, 2.45) is 0 Å². The van der Waals surface area contributed by atoms with Crippen molar-refractivity contribution in [3.63, 3.8) is 0 Å². The fourth-order valence-corrected chi connectivity index (χ4v) is 8.39. The summed E-state index contributed by atoms with van der Waals surface area (Å²) in [5.74, 6) is -0.263. The minimum Gasteiger partial charge on any atom is -0.394 e. The maximum Gasteiger partial charge on any atom is 0.220 e. The van der Waals surface area contributed by atoms with Crippen LogP contribution in [0.3, 0.4) is 0 Å². The lowest BCUT2D eigenvalue weighted by molar-refractivity contribution is -0.359.